The zero-order valence-electron chi connectivity index (χ0n) is 18.3. The summed E-state index contributed by atoms with van der Waals surface area (Å²) in [5.41, 5.74) is 1.41. The van der Waals surface area contributed by atoms with Gasteiger partial charge in [-0.1, -0.05) is 43.7 Å². The molecule has 3 rings (SSSR count). The first kappa shape index (κ1) is 24.4. The zero-order valence-corrected chi connectivity index (χ0v) is 20.6. The number of aliphatic imine (C=N–C) groups is 1. The molecule has 1 atom stereocenters. The van der Waals surface area contributed by atoms with Gasteiger partial charge in [-0.3, -0.25) is 9.89 Å². The highest BCUT2D eigenvalue weighted by molar-refractivity contribution is 14.0. The molecule has 0 amide bonds. The Balaban J connectivity index is 0.00000300. The maximum atomic E-state index is 4.45. The number of halogens is 1. The van der Waals surface area contributed by atoms with E-state index in [0.717, 1.165) is 32.1 Å². The molecule has 0 aromatic heterocycles. The highest BCUT2D eigenvalue weighted by Crippen LogP contribution is 2.14. The lowest BCUT2D eigenvalue weighted by molar-refractivity contribution is 0.196. The van der Waals surface area contributed by atoms with E-state index < -0.39 is 0 Å². The standard InChI is InChI=1S/C23H39N5.HI/c1-20(18-27-13-7-4-8-14-27)17-25-23(24-2)26-22-11-15-28(16-12-22)19-21-9-5-3-6-10-21;/h3,5-6,9-10,20,22H,4,7-8,11-19H2,1-2H3,(H2,24,25,26);1H. The van der Waals surface area contributed by atoms with Crippen molar-refractivity contribution in [1.29, 1.82) is 0 Å². The van der Waals surface area contributed by atoms with Gasteiger partial charge in [0.15, 0.2) is 5.96 Å². The number of piperidine rings is 2. The van der Waals surface area contributed by atoms with E-state index in [0.29, 0.717) is 12.0 Å². The Morgan fingerprint density at radius 1 is 1.03 bits per heavy atom. The van der Waals surface area contributed by atoms with Crippen LogP contribution in [0.4, 0.5) is 0 Å². The summed E-state index contributed by atoms with van der Waals surface area (Å²) in [6, 6.07) is 11.3. The van der Waals surface area contributed by atoms with Crippen LogP contribution in [0, 0.1) is 5.92 Å². The van der Waals surface area contributed by atoms with Crippen LogP contribution in [0.15, 0.2) is 35.3 Å². The average Bonchev–Trinajstić information content (AvgIpc) is 2.74. The van der Waals surface area contributed by atoms with Crippen molar-refractivity contribution >= 4 is 29.9 Å². The molecule has 2 N–H and O–H groups in total. The van der Waals surface area contributed by atoms with E-state index in [1.54, 1.807) is 0 Å². The SMILES string of the molecule is CN=C(NCC(C)CN1CCCCC1)NC1CCN(Cc2ccccc2)CC1.I. The van der Waals surface area contributed by atoms with Crippen LogP contribution in [0.1, 0.15) is 44.6 Å². The second kappa shape index (κ2) is 13.4. The van der Waals surface area contributed by atoms with Crippen molar-refractivity contribution in [3.8, 4) is 0 Å². The quantitative estimate of drug-likeness (QED) is 0.333. The minimum absolute atomic E-state index is 0. The van der Waals surface area contributed by atoms with E-state index in [1.807, 2.05) is 7.05 Å². The van der Waals surface area contributed by atoms with Crippen LogP contribution < -0.4 is 10.6 Å². The maximum Gasteiger partial charge on any atom is 0.191 e. The van der Waals surface area contributed by atoms with Crippen molar-refractivity contribution in [3.05, 3.63) is 35.9 Å². The molecule has 29 heavy (non-hydrogen) atoms. The number of rotatable bonds is 7. The second-order valence-corrected chi connectivity index (χ2v) is 8.60. The fourth-order valence-electron chi connectivity index (χ4n) is 4.38. The average molecular weight is 514 g/mol. The monoisotopic (exact) mass is 513 g/mol. The largest absolute Gasteiger partial charge is 0.356 e. The molecule has 2 saturated heterocycles. The molecular weight excluding hydrogens is 473 g/mol. The molecule has 2 aliphatic rings. The van der Waals surface area contributed by atoms with E-state index in [2.05, 4.69) is 62.7 Å². The van der Waals surface area contributed by atoms with Crippen LogP contribution in [0.2, 0.25) is 0 Å². The smallest absolute Gasteiger partial charge is 0.191 e. The summed E-state index contributed by atoms with van der Waals surface area (Å²) in [7, 11) is 1.88. The molecule has 0 radical (unpaired) electrons. The van der Waals surface area contributed by atoms with Gasteiger partial charge in [-0.15, -0.1) is 24.0 Å². The lowest BCUT2D eigenvalue weighted by Gasteiger charge is -2.33. The van der Waals surface area contributed by atoms with Crippen LogP contribution in [0.25, 0.3) is 0 Å². The van der Waals surface area contributed by atoms with Crippen molar-refractivity contribution in [1.82, 2.24) is 20.4 Å². The summed E-state index contributed by atoms with van der Waals surface area (Å²) in [5, 5.41) is 7.20. The molecule has 1 aromatic rings. The third kappa shape index (κ3) is 8.80. The van der Waals surface area contributed by atoms with E-state index in [-0.39, 0.29) is 24.0 Å². The predicted molar refractivity (Wildman–Crippen MR) is 134 cm³/mol. The maximum absolute atomic E-state index is 4.45. The molecule has 5 nitrogen and oxygen atoms in total. The van der Waals surface area contributed by atoms with E-state index >= 15 is 0 Å². The van der Waals surface area contributed by atoms with Crippen molar-refractivity contribution < 1.29 is 0 Å². The van der Waals surface area contributed by atoms with Crippen LogP contribution >= 0.6 is 24.0 Å². The number of nitrogens with zero attached hydrogens (tertiary/aromatic N) is 3. The van der Waals surface area contributed by atoms with Crippen LogP contribution in [-0.2, 0) is 6.54 Å². The van der Waals surface area contributed by atoms with Gasteiger partial charge in [0.1, 0.15) is 0 Å². The molecule has 164 valence electrons. The van der Waals surface area contributed by atoms with E-state index in [9.17, 15) is 0 Å². The molecule has 0 aliphatic carbocycles. The van der Waals surface area contributed by atoms with Crippen molar-refractivity contribution in [2.75, 3.05) is 46.3 Å². The number of nitrogens with one attached hydrogen (secondary N) is 2. The number of benzene rings is 1. The van der Waals surface area contributed by atoms with E-state index in [1.165, 1.54) is 57.3 Å². The Labute approximate surface area is 194 Å². The second-order valence-electron chi connectivity index (χ2n) is 8.60. The topological polar surface area (TPSA) is 42.9 Å². The third-order valence-corrected chi connectivity index (χ3v) is 6.04. The lowest BCUT2D eigenvalue weighted by atomic mass is 10.0. The molecular formula is C23H40IN5. The minimum atomic E-state index is 0. The predicted octanol–water partition coefficient (Wildman–Crippen LogP) is 3.56. The Morgan fingerprint density at radius 3 is 2.38 bits per heavy atom. The molecule has 2 fully saturated rings. The van der Waals surface area contributed by atoms with Crippen molar-refractivity contribution in [2.45, 2.75) is 51.6 Å². The van der Waals surface area contributed by atoms with Gasteiger partial charge in [0.05, 0.1) is 0 Å². The molecule has 0 saturated carbocycles. The molecule has 2 aliphatic heterocycles. The Kier molecular flexibility index (Phi) is 11.3. The fourth-order valence-corrected chi connectivity index (χ4v) is 4.38. The Hall–Kier alpha value is -0.860. The highest BCUT2D eigenvalue weighted by Gasteiger charge is 2.20. The number of likely N-dealkylation sites (tertiary alicyclic amines) is 2. The number of guanidine groups is 1. The van der Waals surface area contributed by atoms with Gasteiger partial charge in [-0.25, -0.2) is 0 Å². The zero-order chi connectivity index (χ0) is 19.6. The molecule has 1 aromatic carbocycles. The molecule has 1 unspecified atom stereocenters. The molecule has 2 heterocycles. The minimum Gasteiger partial charge on any atom is -0.356 e. The van der Waals surface area contributed by atoms with E-state index in [4.69, 9.17) is 0 Å². The summed E-state index contributed by atoms with van der Waals surface area (Å²) in [6.45, 7) is 10.4. The summed E-state index contributed by atoms with van der Waals surface area (Å²) in [5.74, 6) is 1.61. The third-order valence-electron chi connectivity index (χ3n) is 6.04. The highest BCUT2D eigenvalue weighted by atomic mass is 127. The van der Waals surface area contributed by atoms with Crippen molar-refractivity contribution in [2.24, 2.45) is 10.9 Å². The molecule has 0 spiro atoms. The van der Waals surface area contributed by atoms with Gasteiger partial charge in [0, 0.05) is 45.8 Å². The van der Waals surface area contributed by atoms with Gasteiger partial charge >= 0.3 is 0 Å². The first-order valence-corrected chi connectivity index (χ1v) is 11.2. The summed E-state index contributed by atoms with van der Waals surface area (Å²) in [6.07, 6.45) is 6.50. The molecule has 0 bridgehead atoms. The lowest BCUT2D eigenvalue weighted by Crippen LogP contribution is -2.49. The fraction of sp³-hybridized carbons (Fsp3) is 0.696. The van der Waals surface area contributed by atoms with Gasteiger partial charge in [-0.05, 0) is 50.3 Å². The van der Waals surface area contributed by atoms with Crippen molar-refractivity contribution in [3.63, 3.8) is 0 Å². The first-order chi connectivity index (χ1) is 13.7. The Bertz CT molecular complexity index is 580. The normalized spacial score (nSPS) is 20.7. The van der Waals surface area contributed by atoms with Gasteiger partial charge in [0.2, 0.25) is 0 Å². The van der Waals surface area contributed by atoms with Gasteiger partial charge < -0.3 is 15.5 Å². The van der Waals surface area contributed by atoms with Gasteiger partial charge in [-0.2, -0.15) is 0 Å². The summed E-state index contributed by atoms with van der Waals surface area (Å²) < 4.78 is 0. The molecule has 6 heteroatoms. The van der Waals surface area contributed by atoms with Crippen LogP contribution in [-0.4, -0.2) is 68.1 Å². The first-order valence-electron chi connectivity index (χ1n) is 11.2. The van der Waals surface area contributed by atoms with Crippen LogP contribution in [0.5, 0.6) is 0 Å². The summed E-state index contributed by atoms with van der Waals surface area (Å²) >= 11 is 0. The van der Waals surface area contributed by atoms with Crippen LogP contribution in [0.3, 0.4) is 0 Å². The number of hydrogen-bond donors (Lipinski definition) is 2. The van der Waals surface area contributed by atoms with Gasteiger partial charge in [0.25, 0.3) is 0 Å². The number of hydrogen-bond acceptors (Lipinski definition) is 3. The summed E-state index contributed by atoms with van der Waals surface area (Å²) in [4.78, 5) is 9.63. The Morgan fingerprint density at radius 2 is 1.72 bits per heavy atom.